The van der Waals surface area contributed by atoms with E-state index in [9.17, 15) is 9.59 Å². The van der Waals surface area contributed by atoms with Crippen molar-refractivity contribution < 1.29 is 19.1 Å². The predicted octanol–water partition coefficient (Wildman–Crippen LogP) is 1.18. The molecule has 0 aliphatic carbocycles. The number of nitrogens with zero attached hydrogens (tertiary/aromatic N) is 1. The van der Waals surface area contributed by atoms with Crippen LogP contribution in [0.3, 0.4) is 0 Å². The van der Waals surface area contributed by atoms with Crippen LogP contribution < -0.4 is 0 Å². The van der Waals surface area contributed by atoms with Crippen molar-refractivity contribution in [1.82, 2.24) is 4.90 Å². The number of amides is 1. The van der Waals surface area contributed by atoms with Crippen molar-refractivity contribution in [2.75, 3.05) is 20.2 Å². The number of carbonyl (C=O) groups is 2. The van der Waals surface area contributed by atoms with Crippen molar-refractivity contribution in [3.05, 3.63) is 48.0 Å². The van der Waals surface area contributed by atoms with Crippen LogP contribution in [0.2, 0.25) is 0 Å². The highest BCUT2D eigenvalue weighted by Gasteiger charge is 2.67. The van der Waals surface area contributed by atoms with Gasteiger partial charge in [-0.15, -0.1) is 0 Å². The fourth-order valence-electron chi connectivity index (χ4n) is 4.08. The number of rotatable bonds is 4. The van der Waals surface area contributed by atoms with Gasteiger partial charge in [-0.1, -0.05) is 42.5 Å². The number of hydrogen-bond acceptors (Lipinski definition) is 4. The predicted molar refractivity (Wildman–Crippen MR) is 82.5 cm³/mol. The van der Waals surface area contributed by atoms with Gasteiger partial charge in [0.1, 0.15) is 11.5 Å². The molecule has 0 unspecified atom stereocenters. The summed E-state index contributed by atoms with van der Waals surface area (Å²) in [5.74, 6) is -1.31. The summed E-state index contributed by atoms with van der Waals surface area (Å²) in [5, 5.41) is 0. The minimum absolute atomic E-state index is 0.00295. The number of fused-ring (bicyclic) bond motifs is 1. The van der Waals surface area contributed by atoms with Gasteiger partial charge in [0.2, 0.25) is 5.91 Å². The van der Waals surface area contributed by atoms with Crippen LogP contribution in [0.5, 0.6) is 0 Å². The molecule has 5 nitrogen and oxygen atoms in total. The summed E-state index contributed by atoms with van der Waals surface area (Å²) in [6.45, 7) is 1.15. The molecule has 1 spiro atoms. The van der Waals surface area contributed by atoms with Crippen molar-refractivity contribution in [3.8, 4) is 0 Å². The van der Waals surface area contributed by atoms with Gasteiger partial charge in [0.15, 0.2) is 0 Å². The zero-order valence-corrected chi connectivity index (χ0v) is 13.0. The Morgan fingerprint density at radius 2 is 2.17 bits per heavy atom. The lowest BCUT2D eigenvalue weighted by atomic mass is 9.77. The lowest BCUT2D eigenvalue weighted by Crippen LogP contribution is -2.39. The van der Waals surface area contributed by atoms with Crippen LogP contribution in [0.1, 0.15) is 5.56 Å². The van der Waals surface area contributed by atoms with Crippen molar-refractivity contribution in [2.45, 2.75) is 18.1 Å². The zero-order valence-electron chi connectivity index (χ0n) is 13.0. The summed E-state index contributed by atoms with van der Waals surface area (Å²) < 4.78 is 10.9. The molecular formula is C18H19NO4. The Bertz CT molecular complexity index is 671. The molecular weight excluding hydrogens is 294 g/mol. The van der Waals surface area contributed by atoms with Crippen molar-refractivity contribution in [1.29, 1.82) is 0 Å². The molecule has 0 N–H and O–H groups in total. The van der Waals surface area contributed by atoms with Gasteiger partial charge in [-0.3, -0.25) is 9.59 Å². The molecule has 3 heterocycles. The van der Waals surface area contributed by atoms with Crippen LogP contribution in [0.25, 0.3) is 0 Å². The van der Waals surface area contributed by atoms with E-state index in [-0.39, 0.29) is 18.0 Å². The van der Waals surface area contributed by atoms with E-state index in [1.807, 2.05) is 35.3 Å². The fourth-order valence-corrected chi connectivity index (χ4v) is 4.08. The monoisotopic (exact) mass is 313 g/mol. The van der Waals surface area contributed by atoms with Crippen LogP contribution in [0, 0.1) is 11.8 Å². The van der Waals surface area contributed by atoms with Gasteiger partial charge in [-0.05, 0) is 12.0 Å². The normalized spacial score (nSPS) is 34.0. The molecule has 2 saturated heterocycles. The molecule has 120 valence electrons. The minimum Gasteiger partial charge on any atom is -0.469 e. The molecule has 4 atom stereocenters. The third-order valence-electron chi connectivity index (χ3n) is 5.17. The Hall–Kier alpha value is -2.14. The van der Waals surface area contributed by atoms with Gasteiger partial charge in [-0.25, -0.2) is 0 Å². The summed E-state index contributed by atoms with van der Waals surface area (Å²) in [6, 6.07) is 10.1. The second-order valence-corrected chi connectivity index (χ2v) is 6.42. The number of esters is 1. The van der Waals surface area contributed by atoms with Crippen LogP contribution in [0.4, 0.5) is 0 Å². The number of hydrogen-bond donors (Lipinski definition) is 0. The Morgan fingerprint density at radius 1 is 1.39 bits per heavy atom. The topological polar surface area (TPSA) is 55.8 Å². The number of likely N-dealkylation sites (tertiary alicyclic amines) is 1. The Labute approximate surface area is 134 Å². The maximum Gasteiger partial charge on any atom is 0.312 e. The largest absolute Gasteiger partial charge is 0.469 e. The average molecular weight is 313 g/mol. The molecule has 23 heavy (non-hydrogen) atoms. The summed E-state index contributed by atoms with van der Waals surface area (Å²) in [7, 11) is 1.36. The first-order chi connectivity index (χ1) is 11.1. The highest BCUT2D eigenvalue weighted by atomic mass is 16.5. The van der Waals surface area contributed by atoms with E-state index < -0.39 is 17.4 Å². The van der Waals surface area contributed by atoms with Crippen molar-refractivity contribution in [2.24, 2.45) is 11.8 Å². The maximum absolute atomic E-state index is 12.8. The second-order valence-electron chi connectivity index (χ2n) is 6.42. The van der Waals surface area contributed by atoms with E-state index in [1.165, 1.54) is 12.7 Å². The lowest BCUT2D eigenvalue weighted by molar-refractivity contribution is -0.151. The first-order valence-electron chi connectivity index (χ1n) is 7.92. The van der Waals surface area contributed by atoms with E-state index in [4.69, 9.17) is 9.47 Å². The molecule has 4 rings (SSSR count). The van der Waals surface area contributed by atoms with Gasteiger partial charge < -0.3 is 14.4 Å². The van der Waals surface area contributed by atoms with E-state index >= 15 is 0 Å². The molecule has 0 radical (unpaired) electrons. The number of benzene rings is 1. The number of methoxy groups -OCH3 is 1. The van der Waals surface area contributed by atoms with Crippen LogP contribution in [0.15, 0.2) is 42.5 Å². The first kappa shape index (κ1) is 14.5. The quantitative estimate of drug-likeness (QED) is 0.619. The SMILES string of the molecule is COC(=O)[C@H]1[C@@H]2C=C[C@]3(CN(CCc4ccccc4)C(=O)[C@H]13)O2. The van der Waals surface area contributed by atoms with Gasteiger partial charge >= 0.3 is 5.97 Å². The molecule has 1 aromatic carbocycles. The molecule has 0 aromatic heterocycles. The number of ether oxygens (including phenoxy) is 2. The van der Waals surface area contributed by atoms with Gasteiger partial charge in [0, 0.05) is 6.54 Å². The highest BCUT2D eigenvalue weighted by molar-refractivity contribution is 5.91. The molecule has 0 saturated carbocycles. The Morgan fingerprint density at radius 3 is 2.91 bits per heavy atom. The van der Waals surface area contributed by atoms with Gasteiger partial charge in [0.25, 0.3) is 0 Å². The molecule has 5 heteroatoms. The van der Waals surface area contributed by atoms with Gasteiger partial charge in [0.05, 0.1) is 25.7 Å². The second kappa shape index (κ2) is 5.20. The van der Waals surface area contributed by atoms with Crippen molar-refractivity contribution in [3.63, 3.8) is 0 Å². The Kier molecular flexibility index (Phi) is 3.27. The smallest absolute Gasteiger partial charge is 0.312 e. The molecule has 1 aromatic rings. The van der Waals surface area contributed by atoms with E-state index in [2.05, 4.69) is 12.1 Å². The molecule has 3 aliphatic heterocycles. The molecule has 3 aliphatic rings. The third-order valence-corrected chi connectivity index (χ3v) is 5.17. The maximum atomic E-state index is 12.8. The highest BCUT2D eigenvalue weighted by Crippen LogP contribution is 2.52. The fraction of sp³-hybridized carbons (Fsp3) is 0.444. The Balaban J connectivity index is 1.52. The van der Waals surface area contributed by atoms with E-state index in [1.54, 1.807) is 0 Å². The van der Waals surface area contributed by atoms with E-state index in [0.717, 1.165) is 6.42 Å². The summed E-state index contributed by atoms with van der Waals surface area (Å²) in [4.78, 5) is 26.7. The van der Waals surface area contributed by atoms with Crippen LogP contribution in [-0.4, -0.2) is 48.7 Å². The lowest BCUT2D eigenvalue weighted by Gasteiger charge is -2.22. The van der Waals surface area contributed by atoms with Crippen molar-refractivity contribution >= 4 is 11.9 Å². The molecule has 1 amide bonds. The average Bonchev–Trinajstić information content (AvgIpc) is 3.21. The van der Waals surface area contributed by atoms with E-state index in [0.29, 0.717) is 13.1 Å². The van der Waals surface area contributed by atoms with Gasteiger partial charge in [-0.2, -0.15) is 0 Å². The third kappa shape index (κ3) is 2.10. The minimum atomic E-state index is -0.642. The molecule has 2 fully saturated rings. The zero-order chi connectivity index (χ0) is 16.0. The summed E-state index contributed by atoms with van der Waals surface area (Å²) in [6.07, 6.45) is 4.33. The summed E-state index contributed by atoms with van der Waals surface area (Å²) >= 11 is 0. The summed E-state index contributed by atoms with van der Waals surface area (Å²) in [5.41, 5.74) is 0.553. The standard InChI is InChI=1S/C18H19NO4/c1-22-17(21)14-13-7-9-18(23-13)11-19(16(20)15(14)18)10-8-12-5-3-2-4-6-12/h2-7,9,13-15H,8,10-11H2,1H3/t13-,14-,15-,18+/m0/s1. The first-order valence-corrected chi connectivity index (χ1v) is 7.92. The number of carbonyl (C=O) groups excluding carboxylic acids is 2. The van der Waals surface area contributed by atoms with Crippen LogP contribution in [-0.2, 0) is 25.5 Å². The molecule has 2 bridgehead atoms. The van der Waals surface area contributed by atoms with Crippen LogP contribution >= 0.6 is 0 Å².